The highest BCUT2D eigenvalue weighted by Crippen LogP contribution is 2.47. The van der Waals surface area contributed by atoms with Crippen molar-refractivity contribution in [2.45, 2.75) is 30.4 Å². The van der Waals surface area contributed by atoms with E-state index in [1.54, 1.807) is 23.1 Å². The Balaban J connectivity index is 1.56. The van der Waals surface area contributed by atoms with E-state index in [4.69, 9.17) is 15.2 Å². The summed E-state index contributed by atoms with van der Waals surface area (Å²) in [6, 6.07) is 7.03. The van der Waals surface area contributed by atoms with Crippen LogP contribution in [-0.4, -0.2) is 42.0 Å². The number of carbonyl (C=O) groups is 2. The number of nitrogens with one attached hydrogen (secondary N) is 1. The minimum Gasteiger partial charge on any atom is -0.454 e. The summed E-state index contributed by atoms with van der Waals surface area (Å²) in [7, 11) is 0. The number of carbonyl (C=O) groups excluding carboxylic acids is 2. The standard InChI is InChI=1S/C19H20N4O4S/c20-9-12-15(11-4-5-13-14(8-11)27-10-26-13)16(28-17(12)21)18(24)22-19(25)23-6-2-1-3-7-23/h4-5,8,15-16H,1-3,6-7,10,21H2,(H,22,24,25). The Hall–Kier alpha value is -2.86. The third kappa shape index (κ3) is 3.36. The maximum atomic E-state index is 12.9. The SMILES string of the molecule is N#CC1=C(N)SC(C(=O)NC(=O)N2CCCCC2)C1c1ccc2c(c1)OCO2. The monoisotopic (exact) mass is 400 g/mol. The fraction of sp³-hybridized carbons (Fsp3) is 0.421. The number of amides is 3. The van der Waals surface area contributed by atoms with Crippen molar-refractivity contribution in [3.63, 3.8) is 0 Å². The van der Waals surface area contributed by atoms with Crippen LogP contribution in [0.3, 0.4) is 0 Å². The van der Waals surface area contributed by atoms with Crippen molar-refractivity contribution in [2.24, 2.45) is 5.73 Å². The van der Waals surface area contributed by atoms with Crippen LogP contribution in [0.2, 0.25) is 0 Å². The van der Waals surface area contributed by atoms with Crippen LogP contribution in [0.1, 0.15) is 30.7 Å². The molecule has 0 aromatic heterocycles. The summed E-state index contributed by atoms with van der Waals surface area (Å²) in [5.74, 6) is 0.176. The number of nitrogens with zero attached hydrogens (tertiary/aromatic N) is 2. The summed E-state index contributed by atoms with van der Waals surface area (Å²) in [6.07, 6.45) is 2.97. The first kappa shape index (κ1) is 18.5. The number of nitrogens with two attached hydrogens (primary N) is 1. The molecule has 0 bridgehead atoms. The number of rotatable bonds is 2. The molecule has 0 spiro atoms. The van der Waals surface area contributed by atoms with Crippen LogP contribution in [0.25, 0.3) is 0 Å². The average Bonchev–Trinajstić information content (AvgIpc) is 3.31. The van der Waals surface area contributed by atoms with Gasteiger partial charge in [0.05, 0.1) is 16.7 Å². The van der Waals surface area contributed by atoms with Gasteiger partial charge >= 0.3 is 6.03 Å². The van der Waals surface area contributed by atoms with Crippen LogP contribution < -0.4 is 20.5 Å². The molecule has 3 aliphatic heterocycles. The van der Waals surface area contributed by atoms with E-state index >= 15 is 0 Å². The Labute approximate surface area is 166 Å². The number of urea groups is 1. The zero-order valence-electron chi connectivity index (χ0n) is 15.1. The number of benzene rings is 1. The molecule has 0 saturated carbocycles. The number of fused-ring (bicyclic) bond motifs is 1. The van der Waals surface area contributed by atoms with Crippen LogP contribution in [-0.2, 0) is 4.79 Å². The molecule has 3 amide bonds. The van der Waals surface area contributed by atoms with Gasteiger partial charge in [-0.15, -0.1) is 0 Å². The highest BCUT2D eigenvalue weighted by molar-refractivity contribution is 8.04. The number of thioether (sulfide) groups is 1. The van der Waals surface area contributed by atoms with Gasteiger partial charge in [0.2, 0.25) is 12.7 Å². The average molecular weight is 400 g/mol. The third-order valence-electron chi connectivity index (χ3n) is 5.14. The van der Waals surface area contributed by atoms with E-state index in [-0.39, 0.29) is 6.79 Å². The fourth-order valence-electron chi connectivity index (χ4n) is 3.70. The zero-order chi connectivity index (χ0) is 19.7. The quantitative estimate of drug-likeness (QED) is 0.780. The van der Waals surface area contributed by atoms with E-state index in [0.29, 0.717) is 35.2 Å². The van der Waals surface area contributed by atoms with Crippen molar-refractivity contribution in [3.05, 3.63) is 34.4 Å². The molecule has 146 valence electrons. The molecular formula is C19H20N4O4S. The zero-order valence-corrected chi connectivity index (χ0v) is 16.0. The Morgan fingerprint density at radius 3 is 2.71 bits per heavy atom. The maximum Gasteiger partial charge on any atom is 0.324 e. The number of imide groups is 1. The lowest BCUT2D eigenvalue weighted by molar-refractivity contribution is -0.119. The molecule has 3 heterocycles. The number of hydrogen-bond donors (Lipinski definition) is 2. The molecule has 1 aromatic carbocycles. The number of allylic oxidation sites excluding steroid dienone is 1. The van der Waals surface area contributed by atoms with Gasteiger partial charge in [0.1, 0.15) is 5.25 Å². The van der Waals surface area contributed by atoms with Gasteiger partial charge in [-0.2, -0.15) is 5.26 Å². The molecule has 4 rings (SSSR count). The van der Waals surface area contributed by atoms with Gasteiger partial charge < -0.3 is 20.1 Å². The number of likely N-dealkylation sites (tertiary alicyclic amines) is 1. The van der Waals surface area contributed by atoms with E-state index < -0.39 is 23.1 Å². The number of hydrogen-bond acceptors (Lipinski definition) is 7. The molecule has 3 aliphatic rings. The minimum absolute atomic E-state index is 0.134. The highest BCUT2D eigenvalue weighted by Gasteiger charge is 2.42. The van der Waals surface area contributed by atoms with Crippen molar-refractivity contribution >= 4 is 23.7 Å². The first-order valence-electron chi connectivity index (χ1n) is 9.14. The fourth-order valence-corrected chi connectivity index (χ4v) is 4.87. The topological polar surface area (TPSA) is 118 Å². The Morgan fingerprint density at radius 2 is 1.96 bits per heavy atom. The lowest BCUT2D eigenvalue weighted by atomic mass is 9.88. The third-order valence-corrected chi connectivity index (χ3v) is 6.36. The van der Waals surface area contributed by atoms with Gasteiger partial charge in [0.25, 0.3) is 0 Å². The van der Waals surface area contributed by atoms with Gasteiger partial charge in [-0.3, -0.25) is 10.1 Å². The lowest BCUT2D eigenvalue weighted by Gasteiger charge is -2.27. The smallest absolute Gasteiger partial charge is 0.324 e. The van der Waals surface area contributed by atoms with Crippen molar-refractivity contribution < 1.29 is 19.1 Å². The van der Waals surface area contributed by atoms with Crippen LogP contribution in [0.15, 0.2) is 28.8 Å². The molecule has 0 aliphatic carbocycles. The summed E-state index contributed by atoms with van der Waals surface area (Å²) >= 11 is 1.11. The largest absolute Gasteiger partial charge is 0.454 e. The Bertz CT molecular complexity index is 888. The van der Waals surface area contributed by atoms with E-state index in [2.05, 4.69) is 11.4 Å². The van der Waals surface area contributed by atoms with Crippen LogP contribution >= 0.6 is 11.8 Å². The molecule has 1 fully saturated rings. The molecule has 1 aromatic rings. The second-order valence-corrected chi connectivity index (χ2v) is 8.04. The predicted octanol–water partition coefficient (Wildman–Crippen LogP) is 2.03. The van der Waals surface area contributed by atoms with Gasteiger partial charge in [-0.25, -0.2) is 4.79 Å². The Kier molecular flexibility index (Phi) is 5.05. The first-order valence-corrected chi connectivity index (χ1v) is 10.0. The van der Waals surface area contributed by atoms with Crippen molar-refractivity contribution in [1.29, 1.82) is 5.26 Å². The molecule has 8 nitrogen and oxygen atoms in total. The van der Waals surface area contributed by atoms with Gasteiger partial charge in [-0.1, -0.05) is 17.8 Å². The molecule has 3 N–H and O–H groups in total. The van der Waals surface area contributed by atoms with E-state index in [9.17, 15) is 14.9 Å². The molecule has 1 saturated heterocycles. The van der Waals surface area contributed by atoms with Crippen LogP contribution in [0, 0.1) is 11.3 Å². The van der Waals surface area contributed by atoms with Gasteiger partial charge in [0, 0.05) is 19.0 Å². The number of ether oxygens (including phenoxy) is 2. The molecule has 2 atom stereocenters. The Morgan fingerprint density at radius 1 is 1.21 bits per heavy atom. The second-order valence-electron chi connectivity index (χ2n) is 6.86. The normalized spacial score (nSPS) is 23.5. The second kappa shape index (κ2) is 7.64. The van der Waals surface area contributed by atoms with E-state index in [1.165, 1.54) is 0 Å². The molecule has 0 radical (unpaired) electrons. The molecular weight excluding hydrogens is 380 g/mol. The van der Waals surface area contributed by atoms with E-state index in [1.807, 2.05) is 0 Å². The van der Waals surface area contributed by atoms with Crippen LogP contribution in [0.4, 0.5) is 4.79 Å². The summed E-state index contributed by atoms with van der Waals surface area (Å²) in [6.45, 7) is 1.42. The van der Waals surface area contributed by atoms with Crippen molar-refractivity contribution in [2.75, 3.05) is 19.9 Å². The molecule has 28 heavy (non-hydrogen) atoms. The van der Waals surface area contributed by atoms with Crippen molar-refractivity contribution in [3.8, 4) is 17.6 Å². The summed E-state index contributed by atoms with van der Waals surface area (Å²) in [5.41, 5.74) is 7.07. The van der Waals surface area contributed by atoms with E-state index in [0.717, 1.165) is 36.6 Å². The number of nitriles is 1. The lowest BCUT2D eigenvalue weighted by Crippen LogP contribution is -2.48. The van der Waals surface area contributed by atoms with Gasteiger partial charge in [-0.05, 0) is 37.0 Å². The molecule has 2 unspecified atom stereocenters. The summed E-state index contributed by atoms with van der Waals surface area (Å²) in [4.78, 5) is 27.0. The maximum absolute atomic E-state index is 12.9. The highest BCUT2D eigenvalue weighted by atomic mass is 32.2. The molecule has 9 heteroatoms. The first-order chi connectivity index (χ1) is 13.6. The van der Waals surface area contributed by atoms with Crippen molar-refractivity contribution in [1.82, 2.24) is 10.2 Å². The van der Waals surface area contributed by atoms with Crippen LogP contribution in [0.5, 0.6) is 11.5 Å². The summed E-state index contributed by atoms with van der Waals surface area (Å²) < 4.78 is 10.7. The predicted molar refractivity (Wildman–Crippen MR) is 102 cm³/mol. The van der Waals surface area contributed by atoms with Gasteiger partial charge in [0.15, 0.2) is 11.5 Å². The minimum atomic E-state index is -0.705. The summed E-state index contributed by atoms with van der Waals surface area (Å²) in [5, 5.41) is 11.7. The number of piperidine rings is 1.